The Bertz CT molecular complexity index is 630. The topological polar surface area (TPSA) is 61.6 Å². The first kappa shape index (κ1) is 14.3. The van der Waals surface area contributed by atoms with Crippen LogP contribution in [0.1, 0.15) is 5.56 Å². The molecule has 0 aliphatic rings. The zero-order chi connectivity index (χ0) is 14.5. The van der Waals surface area contributed by atoms with Gasteiger partial charge in [-0.05, 0) is 29.8 Å². The lowest BCUT2D eigenvalue weighted by molar-refractivity contribution is -0.385. The predicted octanol–water partition coefficient (Wildman–Crippen LogP) is 3.94. The molecular formula is C14H12BrNO4. The summed E-state index contributed by atoms with van der Waals surface area (Å²) in [6, 6.07) is 12.2. The molecule has 0 saturated heterocycles. The highest BCUT2D eigenvalue weighted by atomic mass is 79.9. The zero-order valence-corrected chi connectivity index (χ0v) is 12.3. The summed E-state index contributed by atoms with van der Waals surface area (Å²) in [6.45, 7) is 0.336. The highest BCUT2D eigenvalue weighted by Crippen LogP contribution is 2.31. The molecule has 0 bridgehead atoms. The van der Waals surface area contributed by atoms with Gasteiger partial charge in [0.15, 0.2) is 5.75 Å². The lowest BCUT2D eigenvalue weighted by Gasteiger charge is -2.08. The van der Waals surface area contributed by atoms with E-state index in [2.05, 4.69) is 15.9 Å². The van der Waals surface area contributed by atoms with Gasteiger partial charge in [-0.2, -0.15) is 0 Å². The minimum atomic E-state index is -0.495. The number of nitrogens with zero attached hydrogens (tertiary/aromatic N) is 1. The van der Waals surface area contributed by atoms with Crippen molar-refractivity contribution in [3.63, 3.8) is 0 Å². The average Bonchev–Trinajstić information content (AvgIpc) is 2.45. The molecule has 104 valence electrons. The van der Waals surface area contributed by atoms with Crippen LogP contribution in [0.25, 0.3) is 0 Å². The first-order valence-electron chi connectivity index (χ1n) is 5.80. The SMILES string of the molecule is COc1ccc(OCc2cccc(Br)c2)cc1[N+](=O)[O-]. The van der Waals surface area contributed by atoms with Gasteiger partial charge in [-0.25, -0.2) is 0 Å². The van der Waals surface area contributed by atoms with Gasteiger partial charge in [-0.15, -0.1) is 0 Å². The molecule has 6 heteroatoms. The number of hydrogen-bond acceptors (Lipinski definition) is 4. The zero-order valence-electron chi connectivity index (χ0n) is 10.7. The Hall–Kier alpha value is -2.08. The van der Waals surface area contributed by atoms with E-state index in [1.54, 1.807) is 6.07 Å². The minimum Gasteiger partial charge on any atom is -0.490 e. The summed E-state index contributed by atoms with van der Waals surface area (Å²) in [5, 5.41) is 10.9. The Morgan fingerprint density at radius 3 is 2.70 bits per heavy atom. The second-order valence-electron chi connectivity index (χ2n) is 4.01. The summed E-state index contributed by atoms with van der Waals surface area (Å²) in [4.78, 5) is 10.4. The van der Waals surface area contributed by atoms with Crippen molar-refractivity contribution in [3.8, 4) is 11.5 Å². The van der Waals surface area contributed by atoms with Crippen LogP contribution in [-0.2, 0) is 6.61 Å². The van der Waals surface area contributed by atoms with E-state index in [1.165, 1.54) is 19.2 Å². The van der Waals surface area contributed by atoms with Crippen molar-refractivity contribution in [1.29, 1.82) is 0 Å². The van der Waals surface area contributed by atoms with Gasteiger partial charge >= 0.3 is 5.69 Å². The number of rotatable bonds is 5. The number of nitro benzene ring substituents is 1. The summed E-state index contributed by atoms with van der Waals surface area (Å²) in [5.74, 6) is 0.641. The Balaban J connectivity index is 2.14. The third-order valence-electron chi connectivity index (χ3n) is 2.64. The normalized spacial score (nSPS) is 10.1. The molecule has 20 heavy (non-hydrogen) atoms. The molecule has 0 saturated carbocycles. The van der Waals surface area contributed by atoms with Gasteiger partial charge in [0.05, 0.1) is 18.1 Å². The van der Waals surface area contributed by atoms with Crippen LogP contribution in [0.2, 0.25) is 0 Å². The standard InChI is InChI=1S/C14H12BrNO4/c1-19-14-6-5-12(8-13(14)16(17)18)20-9-10-3-2-4-11(15)7-10/h2-8H,9H2,1H3. The number of benzene rings is 2. The van der Waals surface area contributed by atoms with Crippen LogP contribution in [0.5, 0.6) is 11.5 Å². The number of hydrogen-bond donors (Lipinski definition) is 0. The van der Waals surface area contributed by atoms with Gasteiger partial charge in [0, 0.05) is 4.47 Å². The van der Waals surface area contributed by atoms with Crippen LogP contribution in [-0.4, -0.2) is 12.0 Å². The number of methoxy groups -OCH3 is 1. The fourth-order valence-corrected chi connectivity index (χ4v) is 2.14. The van der Waals surface area contributed by atoms with E-state index < -0.39 is 4.92 Å². The Morgan fingerprint density at radius 2 is 2.05 bits per heavy atom. The lowest BCUT2D eigenvalue weighted by atomic mass is 10.2. The van der Waals surface area contributed by atoms with E-state index >= 15 is 0 Å². The molecule has 0 amide bonds. The number of nitro groups is 1. The van der Waals surface area contributed by atoms with Crippen molar-refractivity contribution in [2.75, 3.05) is 7.11 Å². The first-order valence-corrected chi connectivity index (χ1v) is 6.59. The van der Waals surface area contributed by atoms with Gasteiger partial charge in [0.1, 0.15) is 12.4 Å². The van der Waals surface area contributed by atoms with E-state index in [4.69, 9.17) is 9.47 Å². The quantitative estimate of drug-likeness (QED) is 0.612. The highest BCUT2D eigenvalue weighted by Gasteiger charge is 2.15. The second-order valence-corrected chi connectivity index (χ2v) is 4.93. The molecule has 0 fully saturated rings. The molecule has 0 atom stereocenters. The fourth-order valence-electron chi connectivity index (χ4n) is 1.70. The summed E-state index contributed by atoms with van der Waals surface area (Å²) in [6.07, 6.45) is 0. The van der Waals surface area contributed by atoms with Crippen LogP contribution in [0.4, 0.5) is 5.69 Å². The van der Waals surface area contributed by atoms with E-state index in [1.807, 2.05) is 24.3 Å². The Labute approximate surface area is 124 Å². The Kier molecular flexibility index (Phi) is 4.57. The van der Waals surface area contributed by atoms with E-state index in [-0.39, 0.29) is 11.4 Å². The molecule has 0 aromatic heterocycles. The van der Waals surface area contributed by atoms with E-state index in [9.17, 15) is 10.1 Å². The smallest absolute Gasteiger partial charge is 0.314 e. The van der Waals surface area contributed by atoms with Crippen LogP contribution in [0.3, 0.4) is 0 Å². The van der Waals surface area contributed by atoms with Crippen molar-refractivity contribution in [3.05, 3.63) is 62.6 Å². The molecular weight excluding hydrogens is 326 g/mol. The third kappa shape index (κ3) is 3.48. The molecule has 2 aromatic rings. The van der Waals surface area contributed by atoms with E-state index in [0.29, 0.717) is 12.4 Å². The van der Waals surface area contributed by atoms with Crippen LogP contribution < -0.4 is 9.47 Å². The summed E-state index contributed by atoms with van der Waals surface area (Å²) < 4.78 is 11.5. The lowest BCUT2D eigenvalue weighted by Crippen LogP contribution is -1.98. The average molecular weight is 338 g/mol. The summed E-state index contributed by atoms with van der Waals surface area (Å²) in [5.41, 5.74) is 0.858. The number of ether oxygens (including phenoxy) is 2. The van der Waals surface area contributed by atoms with Crippen LogP contribution in [0, 0.1) is 10.1 Å². The van der Waals surface area contributed by atoms with Crippen molar-refractivity contribution in [2.45, 2.75) is 6.61 Å². The van der Waals surface area contributed by atoms with Gasteiger partial charge in [-0.3, -0.25) is 10.1 Å². The molecule has 0 heterocycles. The van der Waals surface area contributed by atoms with E-state index in [0.717, 1.165) is 10.0 Å². The van der Waals surface area contributed by atoms with Gasteiger partial charge in [0.25, 0.3) is 0 Å². The van der Waals surface area contributed by atoms with Crippen LogP contribution >= 0.6 is 15.9 Å². The molecule has 0 aliphatic heterocycles. The fraction of sp³-hybridized carbons (Fsp3) is 0.143. The minimum absolute atomic E-state index is 0.112. The van der Waals surface area contributed by atoms with Crippen molar-refractivity contribution in [1.82, 2.24) is 0 Å². The number of halogens is 1. The molecule has 2 rings (SSSR count). The molecule has 2 aromatic carbocycles. The largest absolute Gasteiger partial charge is 0.490 e. The summed E-state index contributed by atoms with van der Waals surface area (Å²) >= 11 is 3.38. The molecule has 0 radical (unpaired) electrons. The highest BCUT2D eigenvalue weighted by molar-refractivity contribution is 9.10. The van der Waals surface area contributed by atoms with Gasteiger partial charge in [-0.1, -0.05) is 28.1 Å². The third-order valence-corrected chi connectivity index (χ3v) is 3.13. The van der Waals surface area contributed by atoms with Crippen LogP contribution in [0.15, 0.2) is 46.9 Å². The maximum absolute atomic E-state index is 10.9. The predicted molar refractivity (Wildman–Crippen MR) is 78.1 cm³/mol. The molecule has 0 N–H and O–H groups in total. The van der Waals surface area contributed by atoms with Crippen molar-refractivity contribution >= 4 is 21.6 Å². The molecule has 0 aliphatic carbocycles. The maximum Gasteiger partial charge on any atom is 0.314 e. The second kappa shape index (κ2) is 6.38. The molecule has 0 unspecified atom stereocenters. The van der Waals surface area contributed by atoms with Crippen molar-refractivity contribution in [2.24, 2.45) is 0 Å². The van der Waals surface area contributed by atoms with Gasteiger partial charge in [0.2, 0.25) is 0 Å². The summed E-state index contributed by atoms with van der Waals surface area (Å²) in [7, 11) is 1.39. The Morgan fingerprint density at radius 1 is 1.25 bits per heavy atom. The molecule has 0 spiro atoms. The first-order chi connectivity index (χ1) is 9.60. The molecule has 5 nitrogen and oxygen atoms in total. The monoisotopic (exact) mass is 337 g/mol. The maximum atomic E-state index is 10.9. The van der Waals surface area contributed by atoms with Crippen molar-refractivity contribution < 1.29 is 14.4 Å². The van der Waals surface area contributed by atoms with Gasteiger partial charge < -0.3 is 9.47 Å².